The number of hydrogen-bond donors (Lipinski definition) is 1. The predicted octanol–water partition coefficient (Wildman–Crippen LogP) is 2.72. The molecule has 3 nitrogen and oxygen atoms in total. The molecule has 1 aromatic heterocycles. The van der Waals surface area contributed by atoms with Crippen molar-refractivity contribution in [2.75, 3.05) is 0 Å². The van der Waals surface area contributed by atoms with Gasteiger partial charge in [0, 0.05) is 17.8 Å². The maximum Gasteiger partial charge on any atom is 0.223 e. The third-order valence-electron chi connectivity index (χ3n) is 3.44. The predicted molar refractivity (Wildman–Crippen MR) is 80.4 cm³/mol. The molecule has 100 valence electrons. The van der Waals surface area contributed by atoms with Gasteiger partial charge in [0.25, 0.3) is 0 Å². The molecular weight excluding hydrogens is 248 g/mol. The average Bonchev–Trinajstić information content (AvgIpc) is 2.77. The molecule has 0 saturated heterocycles. The number of carbonyl (C=O) groups excluding carboxylic acids is 1. The molecular formula is C17H16N2O. The highest BCUT2D eigenvalue weighted by molar-refractivity contribution is 5.84. The van der Waals surface area contributed by atoms with E-state index in [1.165, 1.54) is 5.56 Å². The minimum Gasteiger partial charge on any atom is -0.369 e. The zero-order valence-corrected chi connectivity index (χ0v) is 11.1. The summed E-state index contributed by atoms with van der Waals surface area (Å²) in [7, 11) is 0. The molecule has 3 rings (SSSR count). The summed E-state index contributed by atoms with van der Waals surface area (Å²) in [5.74, 6) is -0.304. The van der Waals surface area contributed by atoms with Gasteiger partial charge >= 0.3 is 0 Å². The molecule has 1 heterocycles. The fourth-order valence-electron chi connectivity index (χ4n) is 2.55. The van der Waals surface area contributed by atoms with E-state index in [9.17, 15) is 4.79 Å². The Morgan fingerprint density at radius 3 is 2.45 bits per heavy atom. The van der Waals surface area contributed by atoms with E-state index in [4.69, 9.17) is 5.73 Å². The number of nitrogens with zero attached hydrogens (tertiary/aromatic N) is 1. The van der Waals surface area contributed by atoms with Crippen molar-refractivity contribution in [3.8, 4) is 0 Å². The smallest absolute Gasteiger partial charge is 0.223 e. The molecule has 0 radical (unpaired) electrons. The van der Waals surface area contributed by atoms with E-state index in [0.29, 0.717) is 0 Å². The summed E-state index contributed by atoms with van der Waals surface area (Å²) in [6.07, 6.45) is 0.265. The Bertz CT molecular complexity index is 744. The fraction of sp³-hybridized carbons (Fsp3) is 0.118. The zero-order chi connectivity index (χ0) is 13.9. The molecule has 0 unspecified atom stereocenters. The van der Waals surface area contributed by atoms with Crippen LogP contribution in [0.25, 0.3) is 10.9 Å². The molecule has 0 aliphatic rings. The van der Waals surface area contributed by atoms with Gasteiger partial charge in [0.2, 0.25) is 5.91 Å². The van der Waals surface area contributed by atoms with E-state index in [0.717, 1.165) is 23.1 Å². The summed E-state index contributed by atoms with van der Waals surface area (Å²) in [4.78, 5) is 11.3. The summed E-state index contributed by atoms with van der Waals surface area (Å²) in [6.45, 7) is 0.747. The van der Waals surface area contributed by atoms with E-state index < -0.39 is 0 Å². The van der Waals surface area contributed by atoms with Gasteiger partial charge in [0.15, 0.2) is 0 Å². The van der Waals surface area contributed by atoms with E-state index >= 15 is 0 Å². The van der Waals surface area contributed by atoms with Crippen molar-refractivity contribution in [1.29, 1.82) is 0 Å². The van der Waals surface area contributed by atoms with Gasteiger partial charge in [-0.05, 0) is 23.1 Å². The minimum absolute atomic E-state index is 0.265. The number of aromatic nitrogens is 1. The quantitative estimate of drug-likeness (QED) is 0.774. The lowest BCUT2D eigenvalue weighted by Crippen LogP contribution is -2.16. The van der Waals surface area contributed by atoms with E-state index in [1.54, 1.807) is 0 Å². The van der Waals surface area contributed by atoms with Crippen LogP contribution in [0.15, 0.2) is 60.7 Å². The van der Waals surface area contributed by atoms with Crippen molar-refractivity contribution in [1.82, 2.24) is 4.57 Å². The third-order valence-corrected chi connectivity index (χ3v) is 3.44. The van der Waals surface area contributed by atoms with E-state index in [2.05, 4.69) is 28.8 Å². The second-order valence-electron chi connectivity index (χ2n) is 4.91. The Hall–Kier alpha value is -2.55. The zero-order valence-electron chi connectivity index (χ0n) is 11.1. The summed E-state index contributed by atoms with van der Waals surface area (Å²) in [5.41, 5.74) is 8.66. The first-order chi connectivity index (χ1) is 9.74. The van der Waals surface area contributed by atoms with Gasteiger partial charge < -0.3 is 10.3 Å². The number of rotatable bonds is 4. The molecule has 0 aliphatic heterocycles. The average molecular weight is 264 g/mol. The number of para-hydroxylation sites is 1. The number of amides is 1. The third kappa shape index (κ3) is 2.43. The highest BCUT2D eigenvalue weighted by atomic mass is 16.1. The largest absolute Gasteiger partial charge is 0.369 e. The van der Waals surface area contributed by atoms with Crippen molar-refractivity contribution < 1.29 is 4.79 Å². The molecule has 0 atom stereocenters. The molecule has 0 saturated carbocycles. The van der Waals surface area contributed by atoms with Gasteiger partial charge in [-0.25, -0.2) is 0 Å². The van der Waals surface area contributed by atoms with Crippen LogP contribution in [0.1, 0.15) is 11.3 Å². The maximum absolute atomic E-state index is 11.3. The van der Waals surface area contributed by atoms with Crippen LogP contribution in [-0.4, -0.2) is 10.5 Å². The van der Waals surface area contributed by atoms with Gasteiger partial charge in [0.1, 0.15) is 0 Å². The molecule has 3 heteroatoms. The van der Waals surface area contributed by atoms with Crippen LogP contribution in [0.3, 0.4) is 0 Å². The summed E-state index contributed by atoms with van der Waals surface area (Å²) in [6, 6.07) is 20.4. The Morgan fingerprint density at radius 2 is 1.70 bits per heavy atom. The van der Waals surface area contributed by atoms with Gasteiger partial charge in [0.05, 0.1) is 6.42 Å². The number of benzene rings is 2. The van der Waals surface area contributed by atoms with Crippen molar-refractivity contribution in [2.45, 2.75) is 13.0 Å². The Balaban J connectivity index is 2.08. The molecule has 0 aliphatic carbocycles. The highest BCUT2D eigenvalue weighted by Crippen LogP contribution is 2.21. The Labute approximate surface area is 117 Å². The lowest BCUT2D eigenvalue weighted by atomic mass is 10.2. The van der Waals surface area contributed by atoms with Crippen LogP contribution < -0.4 is 5.73 Å². The monoisotopic (exact) mass is 264 g/mol. The SMILES string of the molecule is NC(=O)Cc1cc2ccccc2n1Cc1ccccc1. The van der Waals surface area contributed by atoms with Gasteiger partial charge in [-0.1, -0.05) is 48.5 Å². The number of fused-ring (bicyclic) bond motifs is 1. The van der Waals surface area contributed by atoms with E-state index in [1.807, 2.05) is 36.4 Å². The summed E-state index contributed by atoms with van der Waals surface area (Å²) in [5, 5.41) is 1.14. The second kappa shape index (κ2) is 5.21. The second-order valence-corrected chi connectivity index (χ2v) is 4.91. The standard InChI is InChI=1S/C17H16N2O/c18-17(20)11-15-10-14-8-4-5-9-16(14)19(15)12-13-6-2-1-3-7-13/h1-10H,11-12H2,(H2,18,20). The molecule has 20 heavy (non-hydrogen) atoms. The molecule has 3 aromatic rings. The highest BCUT2D eigenvalue weighted by Gasteiger charge is 2.10. The summed E-state index contributed by atoms with van der Waals surface area (Å²) >= 11 is 0. The molecule has 1 amide bonds. The molecule has 0 spiro atoms. The number of primary amides is 1. The minimum atomic E-state index is -0.304. The Kier molecular flexibility index (Phi) is 3.25. The lowest BCUT2D eigenvalue weighted by Gasteiger charge is -2.10. The van der Waals surface area contributed by atoms with Crippen LogP contribution in [-0.2, 0) is 17.8 Å². The molecule has 2 aromatic carbocycles. The first-order valence-electron chi connectivity index (χ1n) is 6.63. The van der Waals surface area contributed by atoms with Crippen molar-refractivity contribution in [3.63, 3.8) is 0 Å². The van der Waals surface area contributed by atoms with Crippen LogP contribution in [0.4, 0.5) is 0 Å². The fourth-order valence-corrected chi connectivity index (χ4v) is 2.55. The first kappa shape index (κ1) is 12.5. The van der Waals surface area contributed by atoms with Gasteiger partial charge in [-0.15, -0.1) is 0 Å². The van der Waals surface area contributed by atoms with Crippen molar-refractivity contribution in [2.24, 2.45) is 5.73 Å². The van der Waals surface area contributed by atoms with Crippen LogP contribution in [0.2, 0.25) is 0 Å². The normalized spacial score (nSPS) is 10.8. The van der Waals surface area contributed by atoms with Crippen LogP contribution >= 0.6 is 0 Å². The van der Waals surface area contributed by atoms with Crippen molar-refractivity contribution >= 4 is 16.8 Å². The topological polar surface area (TPSA) is 48.0 Å². The molecule has 2 N–H and O–H groups in total. The number of carbonyl (C=O) groups is 1. The lowest BCUT2D eigenvalue weighted by molar-refractivity contribution is -0.117. The maximum atomic E-state index is 11.3. The molecule has 0 fully saturated rings. The Morgan fingerprint density at radius 1 is 1.00 bits per heavy atom. The first-order valence-corrected chi connectivity index (χ1v) is 6.63. The van der Waals surface area contributed by atoms with E-state index in [-0.39, 0.29) is 12.3 Å². The van der Waals surface area contributed by atoms with Crippen LogP contribution in [0.5, 0.6) is 0 Å². The van der Waals surface area contributed by atoms with Gasteiger partial charge in [-0.3, -0.25) is 4.79 Å². The van der Waals surface area contributed by atoms with Gasteiger partial charge in [-0.2, -0.15) is 0 Å². The molecule has 0 bridgehead atoms. The number of hydrogen-bond acceptors (Lipinski definition) is 1. The van der Waals surface area contributed by atoms with Crippen LogP contribution in [0, 0.1) is 0 Å². The van der Waals surface area contributed by atoms with Crippen molar-refractivity contribution in [3.05, 3.63) is 71.9 Å². The summed E-state index contributed by atoms with van der Waals surface area (Å²) < 4.78 is 2.16. The number of nitrogens with two attached hydrogens (primary N) is 1.